The van der Waals surface area contributed by atoms with Crippen LogP contribution in [0.1, 0.15) is 18.3 Å². The van der Waals surface area contributed by atoms with Crippen molar-refractivity contribution in [3.63, 3.8) is 0 Å². The summed E-state index contributed by atoms with van der Waals surface area (Å²) in [5.74, 6) is 0.583. The van der Waals surface area contributed by atoms with Crippen molar-refractivity contribution in [2.45, 2.75) is 20.0 Å². The van der Waals surface area contributed by atoms with Crippen LogP contribution in [-0.2, 0) is 20.1 Å². The molecule has 0 aliphatic carbocycles. The van der Waals surface area contributed by atoms with Crippen molar-refractivity contribution in [3.8, 4) is 5.75 Å². The largest absolute Gasteiger partial charge is 0.485 e. The monoisotopic (exact) mass is 299 g/mol. The van der Waals surface area contributed by atoms with Crippen LogP contribution >= 0.6 is 23.2 Å². The Bertz CT molecular complexity index is 596. The Balaban J connectivity index is 2.16. The first-order valence-corrected chi connectivity index (χ1v) is 6.66. The minimum Gasteiger partial charge on any atom is -0.485 e. The lowest BCUT2D eigenvalue weighted by Crippen LogP contribution is -2.04. The molecule has 1 heterocycles. The molecule has 0 unspecified atom stereocenters. The van der Waals surface area contributed by atoms with Crippen LogP contribution in [0.5, 0.6) is 5.75 Å². The summed E-state index contributed by atoms with van der Waals surface area (Å²) in [7, 11) is 1.84. The maximum absolute atomic E-state index is 6.25. The Kier molecular flexibility index (Phi) is 4.22. The van der Waals surface area contributed by atoms with E-state index in [0.29, 0.717) is 28.1 Å². The van der Waals surface area contributed by atoms with Crippen molar-refractivity contribution in [1.82, 2.24) is 9.78 Å². The standard InChI is InChI=1S/C13H15Cl2N3O/c1-3-10-13(15)11(18(2)17-10)7-19-12-5-4-8(14)6-9(12)16/h4-6H,3,7,16H2,1-2H3. The van der Waals surface area contributed by atoms with Crippen LogP contribution in [0, 0.1) is 0 Å². The molecule has 0 bridgehead atoms. The summed E-state index contributed by atoms with van der Waals surface area (Å²) in [5.41, 5.74) is 8.02. The zero-order valence-electron chi connectivity index (χ0n) is 10.8. The Hall–Kier alpha value is -1.39. The van der Waals surface area contributed by atoms with Gasteiger partial charge in [0.05, 0.1) is 22.1 Å². The van der Waals surface area contributed by atoms with Crippen LogP contribution in [-0.4, -0.2) is 9.78 Å². The van der Waals surface area contributed by atoms with E-state index < -0.39 is 0 Å². The van der Waals surface area contributed by atoms with Gasteiger partial charge >= 0.3 is 0 Å². The van der Waals surface area contributed by atoms with Gasteiger partial charge in [-0.2, -0.15) is 5.10 Å². The van der Waals surface area contributed by atoms with Gasteiger partial charge < -0.3 is 10.5 Å². The third-order valence-electron chi connectivity index (χ3n) is 2.84. The number of nitrogens with zero attached hydrogens (tertiary/aromatic N) is 2. The van der Waals surface area contributed by atoms with Gasteiger partial charge in [0.25, 0.3) is 0 Å². The number of nitrogen functional groups attached to an aromatic ring is 1. The smallest absolute Gasteiger partial charge is 0.142 e. The summed E-state index contributed by atoms with van der Waals surface area (Å²) < 4.78 is 7.40. The molecule has 102 valence electrons. The van der Waals surface area contributed by atoms with E-state index in [-0.39, 0.29) is 0 Å². The molecule has 19 heavy (non-hydrogen) atoms. The maximum Gasteiger partial charge on any atom is 0.142 e. The summed E-state index contributed by atoms with van der Waals surface area (Å²) >= 11 is 12.1. The Morgan fingerprint density at radius 1 is 1.37 bits per heavy atom. The molecule has 0 amide bonds. The van der Waals surface area contributed by atoms with E-state index in [2.05, 4.69) is 5.10 Å². The number of aromatic nitrogens is 2. The minimum atomic E-state index is 0.314. The second-order valence-corrected chi connectivity index (χ2v) is 4.97. The molecule has 0 aliphatic rings. The Morgan fingerprint density at radius 3 is 2.68 bits per heavy atom. The first kappa shape index (κ1) is 14.0. The van der Waals surface area contributed by atoms with Crippen LogP contribution in [0.15, 0.2) is 18.2 Å². The predicted octanol–water partition coefficient (Wildman–Crippen LogP) is 3.45. The van der Waals surface area contributed by atoms with Crippen molar-refractivity contribution in [2.75, 3.05) is 5.73 Å². The SMILES string of the molecule is CCc1nn(C)c(COc2ccc(Cl)cc2N)c1Cl. The number of anilines is 1. The second kappa shape index (κ2) is 5.72. The normalized spacial score (nSPS) is 10.7. The van der Waals surface area contributed by atoms with E-state index in [1.54, 1.807) is 22.9 Å². The number of rotatable bonds is 4. The lowest BCUT2D eigenvalue weighted by Gasteiger charge is -2.09. The Morgan fingerprint density at radius 2 is 2.11 bits per heavy atom. The van der Waals surface area contributed by atoms with Gasteiger partial charge in [-0.05, 0) is 24.6 Å². The second-order valence-electron chi connectivity index (χ2n) is 4.16. The predicted molar refractivity (Wildman–Crippen MR) is 77.8 cm³/mol. The first-order chi connectivity index (χ1) is 9.02. The quantitative estimate of drug-likeness (QED) is 0.880. The third-order valence-corrected chi connectivity index (χ3v) is 3.51. The topological polar surface area (TPSA) is 53.1 Å². The fourth-order valence-corrected chi connectivity index (χ4v) is 2.30. The highest BCUT2D eigenvalue weighted by atomic mass is 35.5. The summed E-state index contributed by atoms with van der Waals surface area (Å²) in [4.78, 5) is 0. The summed E-state index contributed by atoms with van der Waals surface area (Å²) in [6.45, 7) is 2.32. The van der Waals surface area contributed by atoms with Crippen molar-refractivity contribution in [3.05, 3.63) is 39.6 Å². The molecule has 0 saturated heterocycles. The molecule has 2 rings (SSSR count). The summed E-state index contributed by atoms with van der Waals surface area (Å²) in [6, 6.07) is 5.12. The van der Waals surface area contributed by atoms with Gasteiger partial charge in [-0.3, -0.25) is 4.68 Å². The number of nitrogens with two attached hydrogens (primary N) is 1. The number of hydrogen-bond acceptors (Lipinski definition) is 3. The van der Waals surface area contributed by atoms with Gasteiger partial charge in [0.15, 0.2) is 0 Å². The molecule has 1 aromatic heterocycles. The fraction of sp³-hybridized carbons (Fsp3) is 0.308. The molecule has 2 aromatic rings. The zero-order valence-corrected chi connectivity index (χ0v) is 12.3. The van der Waals surface area contributed by atoms with E-state index in [9.17, 15) is 0 Å². The van der Waals surface area contributed by atoms with E-state index in [0.717, 1.165) is 17.8 Å². The molecule has 4 nitrogen and oxygen atoms in total. The molecular formula is C13H15Cl2N3O. The molecule has 0 spiro atoms. The molecule has 0 atom stereocenters. The molecule has 2 N–H and O–H groups in total. The van der Waals surface area contributed by atoms with Gasteiger partial charge in [-0.15, -0.1) is 0 Å². The van der Waals surface area contributed by atoms with Gasteiger partial charge in [0, 0.05) is 12.1 Å². The van der Waals surface area contributed by atoms with Crippen molar-refractivity contribution in [2.24, 2.45) is 7.05 Å². The third kappa shape index (κ3) is 2.96. The van der Waals surface area contributed by atoms with E-state index in [4.69, 9.17) is 33.7 Å². The van der Waals surface area contributed by atoms with E-state index in [1.165, 1.54) is 0 Å². The minimum absolute atomic E-state index is 0.314. The zero-order chi connectivity index (χ0) is 14.0. The van der Waals surface area contributed by atoms with Crippen LogP contribution in [0.3, 0.4) is 0 Å². The lowest BCUT2D eigenvalue weighted by atomic mass is 10.3. The molecule has 6 heteroatoms. The van der Waals surface area contributed by atoms with Crippen LogP contribution < -0.4 is 10.5 Å². The van der Waals surface area contributed by atoms with Gasteiger partial charge in [-0.25, -0.2) is 0 Å². The molecule has 0 aliphatic heterocycles. The van der Waals surface area contributed by atoms with Crippen molar-refractivity contribution < 1.29 is 4.74 Å². The average molecular weight is 300 g/mol. The van der Waals surface area contributed by atoms with E-state index in [1.807, 2.05) is 14.0 Å². The average Bonchev–Trinajstić information content (AvgIpc) is 2.64. The highest BCUT2D eigenvalue weighted by molar-refractivity contribution is 6.32. The Labute approximate surface area is 122 Å². The number of benzene rings is 1. The highest BCUT2D eigenvalue weighted by Crippen LogP contribution is 2.27. The highest BCUT2D eigenvalue weighted by Gasteiger charge is 2.13. The molecular weight excluding hydrogens is 285 g/mol. The van der Waals surface area contributed by atoms with Gasteiger partial charge in [-0.1, -0.05) is 30.1 Å². The molecule has 1 aromatic carbocycles. The summed E-state index contributed by atoms with van der Waals surface area (Å²) in [5, 5.41) is 5.56. The number of ether oxygens (including phenoxy) is 1. The molecule has 0 saturated carbocycles. The van der Waals surface area contributed by atoms with Crippen LogP contribution in [0.2, 0.25) is 10.0 Å². The van der Waals surface area contributed by atoms with E-state index >= 15 is 0 Å². The number of hydrogen-bond donors (Lipinski definition) is 1. The van der Waals surface area contributed by atoms with Crippen molar-refractivity contribution in [1.29, 1.82) is 0 Å². The number of aryl methyl sites for hydroxylation is 2. The fourth-order valence-electron chi connectivity index (χ4n) is 1.77. The molecule has 0 radical (unpaired) electrons. The van der Waals surface area contributed by atoms with Crippen LogP contribution in [0.4, 0.5) is 5.69 Å². The molecule has 0 fully saturated rings. The van der Waals surface area contributed by atoms with Crippen LogP contribution in [0.25, 0.3) is 0 Å². The number of halogens is 2. The maximum atomic E-state index is 6.25. The summed E-state index contributed by atoms with van der Waals surface area (Å²) in [6.07, 6.45) is 0.787. The first-order valence-electron chi connectivity index (χ1n) is 5.91. The van der Waals surface area contributed by atoms with Crippen molar-refractivity contribution >= 4 is 28.9 Å². The lowest BCUT2D eigenvalue weighted by molar-refractivity contribution is 0.296. The van der Waals surface area contributed by atoms with Gasteiger partial charge in [0.2, 0.25) is 0 Å². The van der Waals surface area contributed by atoms with Gasteiger partial charge in [0.1, 0.15) is 12.4 Å².